The highest BCUT2D eigenvalue weighted by Gasteiger charge is 2.41. The fourth-order valence-corrected chi connectivity index (χ4v) is 4.88. The number of amidine groups is 1. The van der Waals surface area contributed by atoms with Crippen LogP contribution in [0.15, 0.2) is 40.1 Å². The average Bonchev–Trinajstić information content (AvgIpc) is 3.59. The van der Waals surface area contributed by atoms with Crippen LogP contribution >= 0.6 is 0 Å². The Hall–Kier alpha value is -3.61. The third-order valence-corrected chi connectivity index (χ3v) is 6.77. The molecule has 0 saturated carbocycles. The van der Waals surface area contributed by atoms with E-state index in [2.05, 4.69) is 36.8 Å². The maximum absolute atomic E-state index is 6.99. The normalized spacial score (nSPS) is 23.7. The molecule has 2 aromatic heterocycles. The Kier molecular flexibility index (Phi) is 5.99. The smallest absolute Gasteiger partial charge is 0.245 e. The van der Waals surface area contributed by atoms with Gasteiger partial charge in [0.2, 0.25) is 5.89 Å². The zero-order valence-electron chi connectivity index (χ0n) is 20.1. The fraction of sp³-hybridized carbons (Fsp3) is 0.458. The van der Waals surface area contributed by atoms with Crippen LogP contribution in [0.3, 0.4) is 0 Å². The highest BCUT2D eigenvalue weighted by atomic mass is 16.5. The van der Waals surface area contributed by atoms with Crippen molar-refractivity contribution in [2.45, 2.75) is 24.7 Å². The van der Waals surface area contributed by atoms with E-state index in [9.17, 15) is 0 Å². The number of fused-ring (bicyclic) bond motifs is 1. The Labute approximate surface area is 208 Å². The summed E-state index contributed by atoms with van der Waals surface area (Å²) in [5, 5.41) is 14.3. The van der Waals surface area contributed by atoms with Gasteiger partial charge in [0, 0.05) is 38.1 Å². The van der Waals surface area contributed by atoms with Gasteiger partial charge in [-0.1, -0.05) is 0 Å². The summed E-state index contributed by atoms with van der Waals surface area (Å²) in [4.78, 5) is 11.6. The summed E-state index contributed by atoms with van der Waals surface area (Å²) in [5.74, 6) is 1.01. The number of benzene rings is 1. The zero-order valence-corrected chi connectivity index (χ0v) is 20.1. The summed E-state index contributed by atoms with van der Waals surface area (Å²) in [7, 11) is 1.64. The van der Waals surface area contributed by atoms with Gasteiger partial charge in [-0.15, -0.1) is 0 Å². The summed E-state index contributed by atoms with van der Waals surface area (Å²) in [6.07, 6.45) is 4.77. The lowest BCUT2D eigenvalue weighted by molar-refractivity contribution is 0.0870. The van der Waals surface area contributed by atoms with Gasteiger partial charge in [-0.05, 0) is 25.0 Å². The quantitative estimate of drug-likeness (QED) is 0.412. The Morgan fingerprint density at radius 3 is 2.69 bits per heavy atom. The van der Waals surface area contributed by atoms with Gasteiger partial charge in [-0.25, -0.2) is 4.98 Å². The van der Waals surface area contributed by atoms with Crippen LogP contribution in [0.5, 0.6) is 5.75 Å². The lowest BCUT2D eigenvalue weighted by Gasteiger charge is -2.39. The molecule has 1 aromatic carbocycles. The highest BCUT2D eigenvalue weighted by Crippen LogP contribution is 2.37. The number of anilines is 2. The first kappa shape index (κ1) is 22.8. The molecule has 36 heavy (non-hydrogen) atoms. The molecule has 190 valence electrons. The van der Waals surface area contributed by atoms with Crippen molar-refractivity contribution < 1.29 is 18.6 Å². The van der Waals surface area contributed by atoms with Crippen LogP contribution in [0.2, 0.25) is 0 Å². The zero-order chi connectivity index (χ0) is 24.5. The van der Waals surface area contributed by atoms with E-state index in [1.54, 1.807) is 13.3 Å². The summed E-state index contributed by atoms with van der Waals surface area (Å²) in [5.41, 5.74) is 10.1. The van der Waals surface area contributed by atoms with Crippen molar-refractivity contribution in [2.75, 3.05) is 56.8 Å². The van der Waals surface area contributed by atoms with Crippen molar-refractivity contribution in [3.8, 4) is 17.3 Å². The number of hydrogen-bond donors (Lipinski definition) is 4. The van der Waals surface area contributed by atoms with Crippen LogP contribution in [-0.4, -0.2) is 73.7 Å². The first-order valence-corrected chi connectivity index (χ1v) is 12.2. The highest BCUT2D eigenvalue weighted by molar-refractivity contribution is 6.09. The van der Waals surface area contributed by atoms with E-state index in [-0.39, 0.29) is 6.04 Å². The molecule has 3 aliphatic heterocycles. The number of methoxy groups -OCH3 is 1. The Morgan fingerprint density at radius 2 is 1.94 bits per heavy atom. The molecule has 0 radical (unpaired) electrons. The second-order valence-electron chi connectivity index (χ2n) is 9.02. The van der Waals surface area contributed by atoms with Gasteiger partial charge in [0.1, 0.15) is 23.5 Å². The molecule has 0 aliphatic carbocycles. The number of rotatable bonds is 5. The summed E-state index contributed by atoms with van der Waals surface area (Å²) in [6, 6.07) is 6.12. The third-order valence-electron chi connectivity index (χ3n) is 6.77. The summed E-state index contributed by atoms with van der Waals surface area (Å²) >= 11 is 0. The second kappa shape index (κ2) is 9.45. The minimum atomic E-state index is -1.23. The number of H-pyrrole nitrogens is 1. The molecule has 1 unspecified atom stereocenters. The van der Waals surface area contributed by atoms with Crippen molar-refractivity contribution in [3.05, 3.63) is 41.8 Å². The topological polar surface area (TPSA) is 148 Å². The van der Waals surface area contributed by atoms with Crippen LogP contribution in [0.25, 0.3) is 11.6 Å². The van der Waals surface area contributed by atoms with Gasteiger partial charge in [0.25, 0.3) is 0 Å². The number of nitrogens with one attached hydrogen (secondary N) is 3. The number of morpholine rings is 1. The number of aromatic amines is 1. The molecule has 12 heteroatoms. The second-order valence-corrected chi connectivity index (χ2v) is 9.02. The predicted molar refractivity (Wildman–Crippen MR) is 133 cm³/mol. The molecule has 5 heterocycles. The molecule has 1 atom stereocenters. The number of ether oxygens (including phenoxy) is 3. The van der Waals surface area contributed by atoms with Gasteiger partial charge >= 0.3 is 0 Å². The van der Waals surface area contributed by atoms with Crippen LogP contribution in [0, 0.1) is 0 Å². The average molecular weight is 495 g/mol. The van der Waals surface area contributed by atoms with Crippen molar-refractivity contribution >= 4 is 17.3 Å². The van der Waals surface area contributed by atoms with Crippen LogP contribution in [0.4, 0.5) is 11.5 Å². The molecule has 0 amide bonds. The van der Waals surface area contributed by atoms with E-state index < -0.39 is 5.79 Å². The summed E-state index contributed by atoms with van der Waals surface area (Å²) < 4.78 is 22.4. The van der Waals surface area contributed by atoms with Crippen LogP contribution in [0.1, 0.15) is 24.0 Å². The first-order chi connectivity index (χ1) is 17.6. The predicted octanol–water partition coefficient (Wildman–Crippen LogP) is 1.62. The molecule has 6 rings (SSSR count). The van der Waals surface area contributed by atoms with Crippen molar-refractivity contribution in [2.24, 2.45) is 10.7 Å². The SMILES string of the molecule is COc1cc(N2CCOCC2)ccc1C1(N)NC(=NC2CCOCC2)c2c(n[nH]c2-c2ncco2)N1. The molecule has 2 fully saturated rings. The van der Waals surface area contributed by atoms with Crippen LogP contribution < -0.4 is 26.0 Å². The maximum Gasteiger partial charge on any atom is 0.245 e. The number of aliphatic imine (C=N–C) groups is 1. The largest absolute Gasteiger partial charge is 0.496 e. The number of nitrogens with zero attached hydrogens (tertiary/aromatic N) is 4. The summed E-state index contributed by atoms with van der Waals surface area (Å²) in [6.45, 7) is 4.41. The van der Waals surface area contributed by atoms with Crippen molar-refractivity contribution in [1.29, 1.82) is 0 Å². The van der Waals surface area contributed by atoms with E-state index in [0.717, 1.165) is 42.7 Å². The van der Waals surface area contributed by atoms with Gasteiger partial charge in [-0.2, -0.15) is 5.10 Å². The van der Waals surface area contributed by atoms with Gasteiger partial charge in [0.05, 0.1) is 43.7 Å². The van der Waals surface area contributed by atoms with E-state index in [1.165, 1.54) is 6.26 Å². The Balaban J connectivity index is 1.40. The van der Waals surface area contributed by atoms with Gasteiger partial charge in [-0.3, -0.25) is 15.8 Å². The third kappa shape index (κ3) is 4.16. The van der Waals surface area contributed by atoms with Gasteiger partial charge in [0.15, 0.2) is 11.6 Å². The number of hydrogen-bond acceptors (Lipinski definition) is 10. The van der Waals surface area contributed by atoms with E-state index >= 15 is 0 Å². The number of aromatic nitrogens is 3. The van der Waals surface area contributed by atoms with Crippen molar-refractivity contribution in [1.82, 2.24) is 20.5 Å². The molecule has 12 nitrogen and oxygen atoms in total. The molecular formula is C24H30N8O4. The van der Waals surface area contributed by atoms with Crippen molar-refractivity contribution in [3.63, 3.8) is 0 Å². The molecule has 0 spiro atoms. The molecular weight excluding hydrogens is 464 g/mol. The van der Waals surface area contributed by atoms with E-state index in [0.29, 0.717) is 55.4 Å². The fourth-order valence-electron chi connectivity index (χ4n) is 4.88. The molecule has 3 aromatic rings. The minimum absolute atomic E-state index is 0.0920. The molecule has 5 N–H and O–H groups in total. The Bertz CT molecular complexity index is 1230. The first-order valence-electron chi connectivity index (χ1n) is 12.2. The standard InChI is InChI=1S/C24H30N8O4/c1-33-18-14-16(32-7-12-35-13-8-32)2-3-17(18)24(25)28-21(27-15-4-9-34-10-5-15)19-20(23-26-6-11-36-23)30-31-22(19)29-24/h2-3,6,11,14-15H,4-5,7-10,12-13,25H2,1H3,(H,27,28)(H2,29,30,31). The van der Waals surface area contributed by atoms with E-state index in [1.807, 2.05) is 12.1 Å². The number of oxazole rings is 1. The maximum atomic E-state index is 6.99. The minimum Gasteiger partial charge on any atom is -0.496 e. The lowest BCUT2D eigenvalue weighted by atomic mass is 10.0. The monoisotopic (exact) mass is 494 g/mol. The molecule has 0 bridgehead atoms. The van der Waals surface area contributed by atoms with Gasteiger partial charge < -0.3 is 34.2 Å². The molecule has 3 aliphatic rings. The molecule has 2 saturated heterocycles. The number of nitrogens with two attached hydrogens (primary N) is 1. The Morgan fingerprint density at radius 1 is 1.14 bits per heavy atom. The van der Waals surface area contributed by atoms with Crippen LogP contribution in [-0.2, 0) is 15.3 Å². The lowest BCUT2D eigenvalue weighted by Crippen LogP contribution is -2.61. The van der Waals surface area contributed by atoms with E-state index in [4.69, 9.17) is 29.4 Å².